The summed E-state index contributed by atoms with van der Waals surface area (Å²) in [5.41, 5.74) is 2.11. The standard InChI is InChI=1S/C18H16O4/c1-2-4-13-10-15(18(22)11-17(13)21)14-9-12(5-3-8-19)6-7-16(14)20/h2-3,5-11,20-22H,1,4H2/b5-3+. The maximum absolute atomic E-state index is 10.4. The van der Waals surface area contributed by atoms with Crippen LogP contribution in [0.25, 0.3) is 17.2 Å². The quantitative estimate of drug-likeness (QED) is 0.449. The second-order valence-electron chi connectivity index (χ2n) is 4.76. The Morgan fingerprint density at radius 3 is 2.36 bits per heavy atom. The van der Waals surface area contributed by atoms with Crippen molar-refractivity contribution in [3.63, 3.8) is 0 Å². The van der Waals surface area contributed by atoms with E-state index in [9.17, 15) is 20.1 Å². The van der Waals surface area contributed by atoms with Gasteiger partial charge in [-0.25, -0.2) is 0 Å². The van der Waals surface area contributed by atoms with Gasteiger partial charge in [0.2, 0.25) is 0 Å². The molecule has 0 aliphatic rings. The number of rotatable bonds is 5. The van der Waals surface area contributed by atoms with Crippen LogP contribution < -0.4 is 0 Å². The van der Waals surface area contributed by atoms with E-state index in [-0.39, 0.29) is 17.2 Å². The zero-order valence-electron chi connectivity index (χ0n) is 11.9. The fraction of sp³-hybridized carbons (Fsp3) is 0.0556. The number of aldehydes is 1. The zero-order chi connectivity index (χ0) is 16.1. The van der Waals surface area contributed by atoms with Crippen molar-refractivity contribution in [1.29, 1.82) is 0 Å². The van der Waals surface area contributed by atoms with Crippen molar-refractivity contribution in [3.8, 4) is 28.4 Å². The van der Waals surface area contributed by atoms with Crippen molar-refractivity contribution < 1.29 is 20.1 Å². The molecule has 0 saturated carbocycles. The summed E-state index contributed by atoms with van der Waals surface area (Å²) in [6, 6.07) is 7.63. The third kappa shape index (κ3) is 3.17. The van der Waals surface area contributed by atoms with E-state index in [1.807, 2.05) is 0 Å². The van der Waals surface area contributed by atoms with Gasteiger partial charge in [0.25, 0.3) is 0 Å². The Balaban J connectivity index is 2.59. The first-order valence-corrected chi connectivity index (χ1v) is 6.67. The molecule has 0 aliphatic heterocycles. The minimum absolute atomic E-state index is 0.00574. The average Bonchev–Trinajstić information content (AvgIpc) is 2.49. The van der Waals surface area contributed by atoms with E-state index in [0.717, 1.165) is 0 Å². The number of benzene rings is 2. The minimum atomic E-state index is -0.142. The highest BCUT2D eigenvalue weighted by Gasteiger charge is 2.13. The molecule has 0 heterocycles. The summed E-state index contributed by atoms with van der Waals surface area (Å²) in [4.78, 5) is 10.4. The third-order valence-corrected chi connectivity index (χ3v) is 3.24. The van der Waals surface area contributed by atoms with Crippen LogP contribution in [0.3, 0.4) is 0 Å². The summed E-state index contributed by atoms with van der Waals surface area (Å²) in [6.45, 7) is 3.62. The predicted octanol–water partition coefficient (Wildman–Crippen LogP) is 3.41. The van der Waals surface area contributed by atoms with Crippen LogP contribution in [-0.4, -0.2) is 21.6 Å². The van der Waals surface area contributed by atoms with Crippen molar-refractivity contribution in [3.05, 3.63) is 60.2 Å². The van der Waals surface area contributed by atoms with Crippen LogP contribution in [0.15, 0.2) is 49.1 Å². The lowest BCUT2D eigenvalue weighted by Gasteiger charge is -2.11. The van der Waals surface area contributed by atoms with Gasteiger partial charge in [0, 0.05) is 17.2 Å². The van der Waals surface area contributed by atoms with Gasteiger partial charge in [0.1, 0.15) is 23.5 Å². The molecule has 4 heteroatoms. The van der Waals surface area contributed by atoms with Crippen LogP contribution in [0.1, 0.15) is 11.1 Å². The van der Waals surface area contributed by atoms with Crippen molar-refractivity contribution >= 4 is 12.4 Å². The number of carbonyl (C=O) groups is 1. The van der Waals surface area contributed by atoms with Crippen LogP contribution in [0.4, 0.5) is 0 Å². The maximum atomic E-state index is 10.4. The zero-order valence-corrected chi connectivity index (χ0v) is 11.9. The van der Waals surface area contributed by atoms with E-state index in [2.05, 4.69) is 6.58 Å². The molecule has 0 amide bonds. The Morgan fingerprint density at radius 2 is 1.68 bits per heavy atom. The average molecular weight is 296 g/mol. The molecule has 112 valence electrons. The largest absolute Gasteiger partial charge is 0.508 e. The van der Waals surface area contributed by atoms with E-state index in [0.29, 0.717) is 35.0 Å². The number of carbonyl (C=O) groups excluding carboxylic acids is 1. The Morgan fingerprint density at radius 1 is 0.955 bits per heavy atom. The Labute approximate surface area is 128 Å². The molecule has 0 radical (unpaired) electrons. The summed E-state index contributed by atoms with van der Waals surface area (Å²) in [6.07, 6.45) is 5.67. The van der Waals surface area contributed by atoms with E-state index in [4.69, 9.17) is 0 Å². The fourth-order valence-corrected chi connectivity index (χ4v) is 2.18. The van der Waals surface area contributed by atoms with Crippen molar-refractivity contribution in [2.45, 2.75) is 6.42 Å². The molecular weight excluding hydrogens is 280 g/mol. The summed E-state index contributed by atoms with van der Waals surface area (Å²) in [5, 5.41) is 29.9. The Bertz CT molecular complexity index is 745. The lowest BCUT2D eigenvalue weighted by atomic mass is 9.97. The highest BCUT2D eigenvalue weighted by Crippen LogP contribution is 2.39. The topological polar surface area (TPSA) is 77.8 Å². The van der Waals surface area contributed by atoms with Crippen LogP contribution in [-0.2, 0) is 11.2 Å². The first-order valence-electron chi connectivity index (χ1n) is 6.67. The highest BCUT2D eigenvalue weighted by molar-refractivity contribution is 5.80. The summed E-state index contributed by atoms with van der Waals surface area (Å²) >= 11 is 0. The van der Waals surface area contributed by atoms with Gasteiger partial charge in [-0.3, -0.25) is 4.79 Å². The van der Waals surface area contributed by atoms with Crippen molar-refractivity contribution in [1.82, 2.24) is 0 Å². The predicted molar refractivity (Wildman–Crippen MR) is 85.9 cm³/mol. The van der Waals surface area contributed by atoms with E-state index >= 15 is 0 Å². The molecule has 0 spiro atoms. The maximum Gasteiger partial charge on any atom is 0.142 e. The van der Waals surface area contributed by atoms with Crippen LogP contribution in [0.2, 0.25) is 0 Å². The van der Waals surface area contributed by atoms with Gasteiger partial charge >= 0.3 is 0 Å². The molecule has 2 aromatic carbocycles. The molecule has 0 bridgehead atoms. The number of hydrogen-bond acceptors (Lipinski definition) is 4. The normalized spacial score (nSPS) is 10.7. The molecule has 0 aliphatic carbocycles. The van der Waals surface area contributed by atoms with Gasteiger partial charge in [0.15, 0.2) is 0 Å². The first-order chi connectivity index (χ1) is 10.6. The molecule has 0 unspecified atom stereocenters. The molecule has 0 saturated heterocycles. The first kappa shape index (κ1) is 15.4. The molecule has 2 aromatic rings. The van der Waals surface area contributed by atoms with Gasteiger partial charge < -0.3 is 15.3 Å². The highest BCUT2D eigenvalue weighted by atomic mass is 16.3. The van der Waals surface area contributed by atoms with Crippen LogP contribution >= 0.6 is 0 Å². The molecule has 0 aromatic heterocycles. The number of phenols is 3. The number of phenolic OH excluding ortho intramolecular Hbond substituents is 3. The lowest BCUT2D eigenvalue weighted by Crippen LogP contribution is -1.88. The summed E-state index contributed by atoms with van der Waals surface area (Å²) < 4.78 is 0. The molecular formula is C18H16O4. The molecule has 22 heavy (non-hydrogen) atoms. The fourth-order valence-electron chi connectivity index (χ4n) is 2.18. The monoisotopic (exact) mass is 296 g/mol. The van der Waals surface area contributed by atoms with E-state index in [1.165, 1.54) is 18.2 Å². The number of hydrogen-bond donors (Lipinski definition) is 3. The number of allylic oxidation sites excluding steroid dienone is 2. The van der Waals surface area contributed by atoms with Gasteiger partial charge in [-0.05, 0) is 41.8 Å². The van der Waals surface area contributed by atoms with Gasteiger partial charge in [-0.15, -0.1) is 6.58 Å². The van der Waals surface area contributed by atoms with Crippen molar-refractivity contribution in [2.75, 3.05) is 0 Å². The summed E-state index contributed by atoms with van der Waals surface area (Å²) in [5.74, 6) is -0.177. The second kappa shape index (κ2) is 6.63. The lowest BCUT2D eigenvalue weighted by molar-refractivity contribution is -0.104. The van der Waals surface area contributed by atoms with Gasteiger partial charge in [-0.1, -0.05) is 18.2 Å². The van der Waals surface area contributed by atoms with E-state index in [1.54, 1.807) is 30.4 Å². The van der Waals surface area contributed by atoms with Crippen LogP contribution in [0.5, 0.6) is 17.2 Å². The van der Waals surface area contributed by atoms with Gasteiger partial charge in [0.05, 0.1) is 0 Å². The molecule has 0 atom stereocenters. The Hall–Kier alpha value is -3.01. The molecule has 0 fully saturated rings. The smallest absolute Gasteiger partial charge is 0.142 e. The van der Waals surface area contributed by atoms with Crippen LogP contribution in [0, 0.1) is 0 Å². The summed E-state index contributed by atoms with van der Waals surface area (Å²) in [7, 11) is 0. The molecule has 2 rings (SSSR count). The van der Waals surface area contributed by atoms with E-state index < -0.39 is 0 Å². The molecule has 3 N–H and O–H groups in total. The van der Waals surface area contributed by atoms with Crippen molar-refractivity contribution in [2.24, 2.45) is 0 Å². The molecule has 4 nitrogen and oxygen atoms in total. The second-order valence-corrected chi connectivity index (χ2v) is 4.76. The minimum Gasteiger partial charge on any atom is -0.508 e. The Kier molecular flexibility index (Phi) is 4.63. The number of aromatic hydroxyl groups is 3. The third-order valence-electron chi connectivity index (χ3n) is 3.24. The van der Waals surface area contributed by atoms with Gasteiger partial charge in [-0.2, -0.15) is 0 Å². The SMILES string of the molecule is C=CCc1cc(-c2cc(/C=C/C=O)ccc2O)c(O)cc1O.